The number of unbranched alkanes of at least 4 members (excludes halogenated alkanes) is 6. The first-order valence-corrected chi connectivity index (χ1v) is 23.0. The Balaban J connectivity index is 1.79. The first kappa shape index (κ1) is 38.1. The van der Waals surface area contributed by atoms with Crippen LogP contribution in [0.5, 0.6) is 0 Å². The Labute approximate surface area is 304 Å². The third-order valence-electron chi connectivity index (χ3n) is 13.3. The molecule has 268 valence electrons. The fraction of sp³-hybridized carbons (Fsp3) is 0.625. The van der Waals surface area contributed by atoms with Gasteiger partial charge in [0.05, 0.1) is 8.07 Å². The summed E-state index contributed by atoms with van der Waals surface area (Å²) in [5, 5.41) is 0. The highest BCUT2D eigenvalue weighted by atomic mass is 28.3. The number of hydrogen-bond donors (Lipinski definition) is 0. The number of fused-ring (bicyclic) bond motifs is 2. The van der Waals surface area contributed by atoms with Crippen LogP contribution in [0.4, 0.5) is 0 Å². The maximum atomic E-state index is 2.78. The van der Waals surface area contributed by atoms with Crippen LogP contribution >= 0.6 is 0 Å². The van der Waals surface area contributed by atoms with Crippen LogP contribution in [0.15, 0.2) is 52.1 Å². The topological polar surface area (TPSA) is 0 Å². The summed E-state index contributed by atoms with van der Waals surface area (Å²) in [4.78, 5) is 0. The van der Waals surface area contributed by atoms with Crippen molar-refractivity contribution in [3.8, 4) is 11.1 Å². The van der Waals surface area contributed by atoms with Gasteiger partial charge in [-0.25, -0.2) is 0 Å². The standard InChI is InChI=1S/C48H72Si/c1-14-16-18-20-25-49(26-21-19-17-15-2,46-35(6)33(4)34(5)36(46)7)45-32(3)27-42-43(45)30-37-23-22-24-41(37)44(42)38-28-39(47(8,9)10)31-40(29-38)48(11,12)13/h27-31,45-46H,14-26H2,1-13H3. The number of hydrogen-bond acceptors (Lipinski definition) is 0. The minimum atomic E-state index is -1.98. The van der Waals surface area contributed by atoms with Crippen LogP contribution in [0.1, 0.15) is 187 Å². The molecule has 0 heterocycles. The van der Waals surface area contributed by atoms with Crippen molar-refractivity contribution in [2.75, 3.05) is 0 Å². The SMILES string of the molecule is CCCCCC[Si](CCCCCC)(C1C(C)=C(C)C(C)=C1C)C1C(C)=Cc2c1cc1c(c2-c2cc(C(C)(C)C)cc(C(C)(C)C)c2)CCC1. The molecule has 0 nitrogen and oxygen atoms in total. The lowest BCUT2D eigenvalue weighted by Crippen LogP contribution is -2.47. The van der Waals surface area contributed by atoms with Gasteiger partial charge in [-0.2, -0.15) is 0 Å². The summed E-state index contributed by atoms with van der Waals surface area (Å²) < 4.78 is 0. The molecule has 5 rings (SSSR count). The second-order valence-electron chi connectivity index (χ2n) is 18.8. The summed E-state index contributed by atoms with van der Waals surface area (Å²) in [6.07, 6.45) is 17.5. The van der Waals surface area contributed by atoms with Crippen molar-refractivity contribution >= 4 is 14.1 Å². The number of rotatable bonds is 13. The van der Waals surface area contributed by atoms with E-state index in [0.29, 0.717) is 11.1 Å². The molecule has 0 amide bonds. The molecule has 0 spiro atoms. The van der Waals surface area contributed by atoms with Crippen LogP contribution in [-0.4, -0.2) is 8.07 Å². The molecule has 0 bridgehead atoms. The Morgan fingerprint density at radius 3 is 1.65 bits per heavy atom. The molecule has 3 aliphatic rings. The highest BCUT2D eigenvalue weighted by Crippen LogP contribution is 2.60. The first-order valence-electron chi connectivity index (χ1n) is 20.4. The van der Waals surface area contributed by atoms with Crippen LogP contribution in [0.25, 0.3) is 17.2 Å². The van der Waals surface area contributed by atoms with Crippen LogP contribution in [0.3, 0.4) is 0 Å². The Bertz CT molecular complexity index is 1560. The zero-order valence-electron chi connectivity index (χ0n) is 34.2. The molecular weight excluding hydrogens is 605 g/mol. The highest BCUT2D eigenvalue weighted by Gasteiger charge is 2.53. The lowest BCUT2D eigenvalue weighted by molar-refractivity contribution is 0.569. The zero-order valence-corrected chi connectivity index (χ0v) is 35.2. The molecule has 0 saturated carbocycles. The highest BCUT2D eigenvalue weighted by molar-refractivity contribution is 6.84. The van der Waals surface area contributed by atoms with Gasteiger partial charge in [-0.3, -0.25) is 0 Å². The molecule has 0 fully saturated rings. The van der Waals surface area contributed by atoms with E-state index in [0.717, 1.165) is 0 Å². The minimum absolute atomic E-state index is 0.108. The molecule has 49 heavy (non-hydrogen) atoms. The molecule has 0 radical (unpaired) electrons. The Hall–Kier alpha value is -2.12. The average molecular weight is 677 g/mol. The smallest absolute Gasteiger partial charge is 0.0678 e. The van der Waals surface area contributed by atoms with Gasteiger partial charge in [0.25, 0.3) is 0 Å². The fourth-order valence-electron chi connectivity index (χ4n) is 10.3. The Morgan fingerprint density at radius 2 is 1.16 bits per heavy atom. The number of aryl methyl sites for hydroxylation is 1. The van der Waals surface area contributed by atoms with Crippen LogP contribution < -0.4 is 0 Å². The van der Waals surface area contributed by atoms with Gasteiger partial charge in [-0.05, 0) is 126 Å². The molecule has 0 aromatic heterocycles. The molecule has 0 aliphatic heterocycles. The van der Waals surface area contributed by atoms with E-state index >= 15 is 0 Å². The summed E-state index contributed by atoms with van der Waals surface area (Å²) in [6.45, 7) is 31.6. The summed E-state index contributed by atoms with van der Waals surface area (Å²) in [7, 11) is -1.98. The number of benzene rings is 2. The molecule has 0 N–H and O–H groups in total. The van der Waals surface area contributed by atoms with Crippen molar-refractivity contribution in [1.29, 1.82) is 0 Å². The van der Waals surface area contributed by atoms with E-state index < -0.39 is 8.07 Å². The Morgan fingerprint density at radius 1 is 0.633 bits per heavy atom. The quantitative estimate of drug-likeness (QED) is 0.146. The Kier molecular flexibility index (Phi) is 11.6. The summed E-state index contributed by atoms with van der Waals surface area (Å²) in [5.74, 6) is 0. The molecule has 2 aromatic rings. The van der Waals surface area contributed by atoms with Gasteiger partial charge in [-0.15, -0.1) is 0 Å². The average Bonchev–Trinajstić information content (AvgIpc) is 3.69. The van der Waals surface area contributed by atoms with Crippen molar-refractivity contribution in [1.82, 2.24) is 0 Å². The first-order chi connectivity index (χ1) is 23.1. The van der Waals surface area contributed by atoms with E-state index in [1.54, 1.807) is 55.7 Å². The van der Waals surface area contributed by atoms with Crippen molar-refractivity contribution < 1.29 is 0 Å². The van der Waals surface area contributed by atoms with Crippen molar-refractivity contribution in [3.05, 3.63) is 85.5 Å². The monoisotopic (exact) mass is 677 g/mol. The third-order valence-corrected chi connectivity index (χ3v) is 19.8. The van der Waals surface area contributed by atoms with Gasteiger partial charge in [0, 0.05) is 5.54 Å². The predicted molar refractivity (Wildman–Crippen MR) is 222 cm³/mol. The normalized spacial score (nSPS) is 18.6. The summed E-state index contributed by atoms with van der Waals surface area (Å²) in [5.41, 5.74) is 22.5. The molecular formula is C48H72Si. The van der Waals surface area contributed by atoms with E-state index in [9.17, 15) is 0 Å². The lowest BCUT2D eigenvalue weighted by Gasteiger charge is -2.46. The zero-order chi connectivity index (χ0) is 35.9. The largest absolute Gasteiger partial charge is 0.0777 e. The molecule has 1 unspecified atom stereocenters. The summed E-state index contributed by atoms with van der Waals surface area (Å²) >= 11 is 0. The van der Waals surface area contributed by atoms with Crippen molar-refractivity contribution in [2.24, 2.45) is 0 Å². The number of allylic oxidation sites excluding steroid dienone is 5. The molecule has 0 saturated heterocycles. The second kappa shape index (κ2) is 14.9. The lowest BCUT2D eigenvalue weighted by atomic mass is 9.77. The van der Waals surface area contributed by atoms with Crippen molar-refractivity contribution in [2.45, 2.75) is 195 Å². The molecule has 3 aliphatic carbocycles. The maximum absolute atomic E-state index is 2.78. The van der Waals surface area contributed by atoms with E-state index in [4.69, 9.17) is 0 Å². The third kappa shape index (κ3) is 7.32. The maximum Gasteiger partial charge on any atom is 0.0777 e. The van der Waals surface area contributed by atoms with Gasteiger partial charge < -0.3 is 0 Å². The van der Waals surface area contributed by atoms with E-state index in [-0.39, 0.29) is 10.8 Å². The van der Waals surface area contributed by atoms with E-state index in [2.05, 4.69) is 120 Å². The minimum Gasteiger partial charge on any atom is -0.0678 e. The second-order valence-corrected chi connectivity index (χ2v) is 23.4. The van der Waals surface area contributed by atoms with Gasteiger partial charge in [0.2, 0.25) is 0 Å². The summed E-state index contributed by atoms with van der Waals surface area (Å²) in [6, 6.07) is 13.4. The van der Waals surface area contributed by atoms with Crippen LogP contribution in [0.2, 0.25) is 17.6 Å². The van der Waals surface area contributed by atoms with E-state index in [1.165, 1.54) is 99.4 Å². The predicted octanol–water partition coefficient (Wildman–Crippen LogP) is 15.1. The van der Waals surface area contributed by atoms with Crippen LogP contribution in [0, 0.1) is 0 Å². The van der Waals surface area contributed by atoms with E-state index in [1.807, 2.05) is 0 Å². The van der Waals surface area contributed by atoms with Crippen molar-refractivity contribution in [3.63, 3.8) is 0 Å². The fourth-order valence-corrected chi connectivity index (χ4v) is 17.9. The van der Waals surface area contributed by atoms with Crippen LogP contribution in [-0.2, 0) is 23.7 Å². The molecule has 1 heteroatoms. The van der Waals surface area contributed by atoms with Gasteiger partial charge >= 0.3 is 0 Å². The van der Waals surface area contributed by atoms with Gasteiger partial charge in [0.1, 0.15) is 0 Å². The van der Waals surface area contributed by atoms with Gasteiger partial charge in [-0.1, -0.05) is 166 Å². The molecule has 1 atom stereocenters. The molecule has 2 aromatic carbocycles. The van der Waals surface area contributed by atoms with Gasteiger partial charge in [0.15, 0.2) is 0 Å².